The Morgan fingerprint density at radius 2 is 1.71 bits per heavy atom. The van der Waals surface area contributed by atoms with Crippen molar-refractivity contribution in [3.63, 3.8) is 0 Å². The van der Waals surface area contributed by atoms with Crippen LogP contribution in [0.4, 0.5) is 5.69 Å². The van der Waals surface area contributed by atoms with Gasteiger partial charge in [0.05, 0.1) is 10.6 Å². The highest BCUT2D eigenvalue weighted by Gasteiger charge is 2.20. The molecule has 2 rings (SSSR count). The number of aryl methyl sites for hydroxylation is 2. The van der Waals surface area contributed by atoms with E-state index in [-0.39, 0.29) is 20.9 Å². The molecule has 1 heterocycles. The second kappa shape index (κ2) is 6.01. The summed E-state index contributed by atoms with van der Waals surface area (Å²) < 4.78 is 27.4. The summed E-state index contributed by atoms with van der Waals surface area (Å²) in [6.07, 6.45) is 0. The Morgan fingerprint density at radius 3 is 2.33 bits per heavy atom. The molecule has 1 aromatic heterocycles. The van der Waals surface area contributed by atoms with Crippen LogP contribution in [0.25, 0.3) is 0 Å². The zero-order valence-corrected chi connectivity index (χ0v) is 14.2. The zero-order chi connectivity index (χ0) is 15.8. The first-order valence-electron chi connectivity index (χ1n) is 5.82. The molecule has 0 saturated carbocycles. The SMILES string of the molecule is Cc1ccc(Cl)cc1S(=O)(=O)Nc1c(C)cc(Cl)nc1Cl. The molecule has 112 valence electrons. The number of hydrogen-bond donors (Lipinski definition) is 1. The number of hydrogen-bond acceptors (Lipinski definition) is 3. The van der Waals surface area contributed by atoms with E-state index in [9.17, 15) is 8.42 Å². The summed E-state index contributed by atoms with van der Waals surface area (Å²) in [7, 11) is -3.83. The summed E-state index contributed by atoms with van der Waals surface area (Å²) in [5.41, 5.74) is 1.34. The largest absolute Gasteiger partial charge is 0.276 e. The summed E-state index contributed by atoms with van der Waals surface area (Å²) in [5, 5.41) is 0.515. The molecule has 1 aromatic carbocycles. The van der Waals surface area contributed by atoms with E-state index in [4.69, 9.17) is 34.8 Å². The first kappa shape index (κ1) is 16.4. The zero-order valence-electron chi connectivity index (χ0n) is 11.1. The van der Waals surface area contributed by atoms with E-state index in [0.29, 0.717) is 16.1 Å². The predicted molar refractivity (Wildman–Crippen MR) is 86.0 cm³/mol. The van der Waals surface area contributed by atoms with Crippen molar-refractivity contribution in [3.05, 3.63) is 50.7 Å². The Kier molecular flexibility index (Phi) is 4.68. The minimum atomic E-state index is -3.83. The van der Waals surface area contributed by atoms with Crippen LogP contribution >= 0.6 is 34.8 Å². The molecule has 0 bridgehead atoms. The number of rotatable bonds is 3. The molecule has 0 aliphatic carbocycles. The van der Waals surface area contributed by atoms with Gasteiger partial charge in [0.1, 0.15) is 5.15 Å². The number of anilines is 1. The Balaban J connectivity index is 2.50. The lowest BCUT2D eigenvalue weighted by Crippen LogP contribution is -2.15. The van der Waals surface area contributed by atoms with Gasteiger partial charge in [-0.05, 0) is 43.2 Å². The molecule has 21 heavy (non-hydrogen) atoms. The summed E-state index contributed by atoms with van der Waals surface area (Å²) in [4.78, 5) is 3.91. The fourth-order valence-electron chi connectivity index (χ4n) is 1.77. The number of benzene rings is 1. The molecule has 0 radical (unpaired) electrons. The molecule has 0 saturated heterocycles. The predicted octanol–water partition coefficient (Wildman–Crippen LogP) is 4.46. The van der Waals surface area contributed by atoms with Crippen molar-refractivity contribution in [2.24, 2.45) is 0 Å². The number of pyridine rings is 1. The topological polar surface area (TPSA) is 59.1 Å². The molecule has 1 N–H and O–H groups in total. The fraction of sp³-hybridized carbons (Fsp3) is 0.154. The van der Waals surface area contributed by atoms with Crippen LogP contribution in [-0.4, -0.2) is 13.4 Å². The van der Waals surface area contributed by atoms with E-state index >= 15 is 0 Å². The quantitative estimate of drug-likeness (QED) is 0.817. The third-order valence-electron chi connectivity index (χ3n) is 2.82. The van der Waals surface area contributed by atoms with Crippen LogP contribution in [-0.2, 0) is 10.0 Å². The highest BCUT2D eigenvalue weighted by molar-refractivity contribution is 7.92. The number of sulfonamides is 1. The molecule has 8 heteroatoms. The minimum absolute atomic E-state index is 0.0109. The number of nitrogens with one attached hydrogen (secondary N) is 1. The van der Waals surface area contributed by atoms with Gasteiger partial charge in [0, 0.05) is 5.02 Å². The third-order valence-corrected chi connectivity index (χ3v) is 5.01. The Bertz CT molecular complexity index is 784. The highest BCUT2D eigenvalue weighted by atomic mass is 35.5. The molecule has 0 unspecified atom stereocenters. The van der Waals surface area contributed by atoms with Crippen molar-refractivity contribution in [1.82, 2.24) is 4.98 Å². The average molecular weight is 366 g/mol. The van der Waals surface area contributed by atoms with Gasteiger partial charge in [0.2, 0.25) is 0 Å². The molecule has 4 nitrogen and oxygen atoms in total. The van der Waals surface area contributed by atoms with Crippen LogP contribution in [0.5, 0.6) is 0 Å². The molecule has 0 fully saturated rings. The Labute approximate surface area is 138 Å². The first-order valence-corrected chi connectivity index (χ1v) is 8.44. The van der Waals surface area contributed by atoms with Gasteiger partial charge in [0.25, 0.3) is 10.0 Å². The van der Waals surface area contributed by atoms with E-state index in [1.807, 2.05) is 0 Å². The van der Waals surface area contributed by atoms with Crippen molar-refractivity contribution in [1.29, 1.82) is 0 Å². The van der Waals surface area contributed by atoms with E-state index in [1.54, 1.807) is 26.0 Å². The molecular weight excluding hydrogens is 355 g/mol. The molecule has 2 aromatic rings. The summed E-state index contributed by atoms with van der Waals surface area (Å²) in [6.45, 7) is 3.36. The molecule has 0 atom stereocenters. The van der Waals surface area contributed by atoms with Gasteiger partial charge >= 0.3 is 0 Å². The Morgan fingerprint density at radius 1 is 1.05 bits per heavy atom. The maximum Gasteiger partial charge on any atom is 0.262 e. The fourth-order valence-corrected chi connectivity index (χ4v) is 4.05. The van der Waals surface area contributed by atoms with Crippen molar-refractivity contribution in [3.8, 4) is 0 Å². The molecule has 0 amide bonds. The number of aromatic nitrogens is 1. The number of halogens is 3. The monoisotopic (exact) mass is 364 g/mol. The lowest BCUT2D eigenvalue weighted by atomic mass is 10.2. The van der Waals surface area contributed by atoms with Crippen molar-refractivity contribution in [2.45, 2.75) is 18.7 Å². The standard InChI is InChI=1S/C13H11Cl3N2O2S/c1-7-3-4-9(14)6-10(7)21(19,20)18-12-8(2)5-11(15)17-13(12)16/h3-6,18H,1-2H3. The number of nitrogens with zero attached hydrogens (tertiary/aromatic N) is 1. The summed E-state index contributed by atoms with van der Waals surface area (Å²) in [5.74, 6) is 0. The Hall–Kier alpha value is -1.01. The van der Waals surface area contributed by atoms with Crippen LogP contribution in [0.2, 0.25) is 15.3 Å². The highest BCUT2D eigenvalue weighted by Crippen LogP contribution is 2.30. The van der Waals surface area contributed by atoms with E-state index < -0.39 is 10.0 Å². The van der Waals surface area contributed by atoms with Crippen LogP contribution in [0, 0.1) is 13.8 Å². The van der Waals surface area contributed by atoms with Crippen LogP contribution in [0.15, 0.2) is 29.2 Å². The molecule has 0 aliphatic rings. The molecule has 0 spiro atoms. The average Bonchev–Trinajstić information content (AvgIpc) is 2.36. The van der Waals surface area contributed by atoms with E-state index in [0.717, 1.165) is 0 Å². The van der Waals surface area contributed by atoms with Gasteiger partial charge < -0.3 is 0 Å². The van der Waals surface area contributed by atoms with Crippen molar-refractivity contribution in [2.75, 3.05) is 4.72 Å². The summed E-state index contributed by atoms with van der Waals surface area (Å²) >= 11 is 17.6. The van der Waals surface area contributed by atoms with Crippen molar-refractivity contribution < 1.29 is 8.42 Å². The van der Waals surface area contributed by atoms with Gasteiger partial charge in [0.15, 0.2) is 5.15 Å². The van der Waals surface area contributed by atoms with Crippen LogP contribution in [0.1, 0.15) is 11.1 Å². The van der Waals surface area contributed by atoms with Gasteiger partial charge in [-0.3, -0.25) is 4.72 Å². The normalized spacial score (nSPS) is 11.5. The van der Waals surface area contributed by atoms with E-state index in [2.05, 4.69) is 9.71 Å². The van der Waals surface area contributed by atoms with Crippen LogP contribution in [0.3, 0.4) is 0 Å². The molecular formula is C13H11Cl3N2O2S. The third kappa shape index (κ3) is 3.61. The van der Waals surface area contributed by atoms with Gasteiger partial charge in [-0.1, -0.05) is 40.9 Å². The second-order valence-electron chi connectivity index (χ2n) is 4.44. The molecule has 0 aliphatic heterocycles. The summed E-state index contributed by atoms with van der Waals surface area (Å²) in [6, 6.07) is 6.16. The van der Waals surface area contributed by atoms with Gasteiger partial charge in [-0.2, -0.15) is 0 Å². The van der Waals surface area contributed by atoms with Crippen LogP contribution < -0.4 is 4.72 Å². The second-order valence-corrected chi connectivity index (χ2v) is 7.28. The van der Waals surface area contributed by atoms with Gasteiger partial charge in [-0.15, -0.1) is 0 Å². The first-order chi connectivity index (χ1) is 9.70. The van der Waals surface area contributed by atoms with Crippen molar-refractivity contribution >= 4 is 50.5 Å². The van der Waals surface area contributed by atoms with E-state index in [1.165, 1.54) is 12.1 Å². The maximum atomic E-state index is 12.5. The smallest absolute Gasteiger partial charge is 0.262 e. The minimum Gasteiger partial charge on any atom is -0.276 e. The maximum absolute atomic E-state index is 12.5. The van der Waals surface area contributed by atoms with Gasteiger partial charge in [-0.25, -0.2) is 13.4 Å². The lowest BCUT2D eigenvalue weighted by molar-refractivity contribution is 0.600. The lowest BCUT2D eigenvalue weighted by Gasteiger charge is -2.13.